The first-order valence-electron chi connectivity index (χ1n) is 8.21. The van der Waals surface area contributed by atoms with Crippen molar-refractivity contribution < 1.29 is 29.3 Å². The fourth-order valence-corrected chi connectivity index (χ4v) is 2.72. The molecule has 4 N–H and O–H groups in total. The minimum atomic E-state index is -0.594. The Bertz CT molecular complexity index is 1280. The highest BCUT2D eigenvalue weighted by Crippen LogP contribution is 2.33. The summed E-state index contributed by atoms with van der Waals surface area (Å²) in [5.41, 5.74) is 0.788. The lowest BCUT2D eigenvalue weighted by Gasteiger charge is -1.99. The molecule has 0 bridgehead atoms. The second-order valence-corrected chi connectivity index (χ2v) is 6.11. The number of benzene rings is 2. The first kappa shape index (κ1) is 17.3. The van der Waals surface area contributed by atoms with Crippen LogP contribution in [0.1, 0.15) is 11.3 Å². The summed E-state index contributed by atoms with van der Waals surface area (Å²) in [5, 5.41) is 38.1. The molecule has 0 fully saturated rings. The molecule has 0 aliphatic heterocycles. The Morgan fingerprint density at radius 3 is 2.14 bits per heavy atom. The van der Waals surface area contributed by atoms with Crippen LogP contribution in [0, 0.1) is 0 Å². The first-order valence-corrected chi connectivity index (χ1v) is 8.21. The van der Waals surface area contributed by atoms with Gasteiger partial charge in [-0.25, -0.2) is 4.79 Å². The predicted molar refractivity (Wildman–Crippen MR) is 102 cm³/mol. The molecular weight excluding hydrogens is 364 g/mol. The molecule has 4 rings (SSSR count). The van der Waals surface area contributed by atoms with E-state index in [1.165, 1.54) is 42.5 Å². The molecule has 0 unspecified atom stereocenters. The average molecular weight is 378 g/mol. The number of aromatic hydroxyl groups is 4. The minimum absolute atomic E-state index is 0.228. The number of phenols is 4. The summed E-state index contributed by atoms with van der Waals surface area (Å²) < 4.78 is 11.0. The van der Waals surface area contributed by atoms with Crippen LogP contribution < -0.4 is 5.63 Å². The third-order valence-electron chi connectivity index (χ3n) is 4.16. The van der Waals surface area contributed by atoms with Gasteiger partial charge in [0, 0.05) is 11.6 Å². The van der Waals surface area contributed by atoms with Gasteiger partial charge in [0.1, 0.15) is 22.5 Å². The molecule has 2 heterocycles. The average Bonchev–Trinajstić information content (AvgIpc) is 3.10. The van der Waals surface area contributed by atoms with Gasteiger partial charge in [-0.05, 0) is 48.0 Å². The van der Waals surface area contributed by atoms with Gasteiger partial charge in [-0.2, -0.15) is 0 Å². The SMILES string of the molecule is O=c1oc(/C=C/c2ccc(O)c(O)c2)cc2oc(-c3ccc(O)c(O)c3)cc12. The molecule has 0 saturated heterocycles. The van der Waals surface area contributed by atoms with Crippen molar-refractivity contribution in [3.63, 3.8) is 0 Å². The van der Waals surface area contributed by atoms with E-state index < -0.39 is 5.63 Å². The van der Waals surface area contributed by atoms with Crippen LogP contribution in [0.15, 0.2) is 62.2 Å². The van der Waals surface area contributed by atoms with Gasteiger partial charge >= 0.3 is 5.63 Å². The molecule has 0 aliphatic rings. The Labute approximate surface area is 157 Å². The van der Waals surface area contributed by atoms with E-state index in [1.54, 1.807) is 18.2 Å². The molecule has 0 radical (unpaired) electrons. The lowest BCUT2D eigenvalue weighted by Crippen LogP contribution is -1.97. The molecule has 4 aromatic rings. The molecular formula is C21H14O7. The topological polar surface area (TPSA) is 124 Å². The molecule has 7 heteroatoms. The van der Waals surface area contributed by atoms with Crippen LogP contribution in [-0.4, -0.2) is 20.4 Å². The number of hydrogen-bond donors (Lipinski definition) is 4. The van der Waals surface area contributed by atoms with Crippen molar-refractivity contribution in [3.05, 3.63) is 70.3 Å². The second-order valence-electron chi connectivity index (χ2n) is 6.11. The van der Waals surface area contributed by atoms with E-state index in [-0.39, 0.29) is 34.1 Å². The fraction of sp³-hybridized carbons (Fsp3) is 0. The number of furan rings is 1. The summed E-state index contributed by atoms with van der Waals surface area (Å²) in [5.74, 6) is -0.472. The van der Waals surface area contributed by atoms with E-state index in [0.29, 0.717) is 22.5 Å². The minimum Gasteiger partial charge on any atom is -0.504 e. The standard InChI is InChI=1S/C21H14O7/c22-15-5-2-11(7-17(15)24)1-4-13-9-20-14(21(26)27-13)10-19(28-20)12-3-6-16(23)18(25)8-12/h1-10,22-25H/b4-1+. The lowest BCUT2D eigenvalue weighted by molar-refractivity contribution is 0.403. The highest BCUT2D eigenvalue weighted by Gasteiger charge is 2.13. The van der Waals surface area contributed by atoms with Gasteiger partial charge in [-0.15, -0.1) is 0 Å². The summed E-state index contributed by atoms with van der Waals surface area (Å²) >= 11 is 0. The zero-order valence-electron chi connectivity index (χ0n) is 14.3. The van der Waals surface area contributed by atoms with Crippen molar-refractivity contribution >= 4 is 23.1 Å². The van der Waals surface area contributed by atoms with Crippen LogP contribution in [0.2, 0.25) is 0 Å². The summed E-state index contributed by atoms with van der Waals surface area (Å²) in [6.45, 7) is 0. The molecule has 0 atom stereocenters. The smallest absolute Gasteiger partial charge is 0.347 e. The van der Waals surface area contributed by atoms with Crippen molar-refractivity contribution in [2.75, 3.05) is 0 Å². The van der Waals surface area contributed by atoms with Crippen molar-refractivity contribution in [2.45, 2.75) is 0 Å². The number of phenolic OH excluding ortho intramolecular Hbond substituents is 4. The first-order chi connectivity index (χ1) is 13.4. The van der Waals surface area contributed by atoms with E-state index in [9.17, 15) is 25.2 Å². The zero-order valence-corrected chi connectivity index (χ0v) is 14.3. The van der Waals surface area contributed by atoms with Crippen LogP contribution in [0.5, 0.6) is 23.0 Å². The Hall–Kier alpha value is -4.13. The van der Waals surface area contributed by atoms with Crippen molar-refractivity contribution in [1.82, 2.24) is 0 Å². The molecule has 0 spiro atoms. The fourth-order valence-electron chi connectivity index (χ4n) is 2.72. The predicted octanol–water partition coefficient (Wildman–Crippen LogP) is 4.05. The van der Waals surface area contributed by atoms with E-state index in [0.717, 1.165) is 0 Å². The molecule has 2 aromatic heterocycles. The number of rotatable bonds is 3. The third kappa shape index (κ3) is 3.16. The summed E-state index contributed by atoms with van der Waals surface area (Å²) in [6, 6.07) is 11.5. The van der Waals surface area contributed by atoms with E-state index in [4.69, 9.17) is 8.83 Å². The van der Waals surface area contributed by atoms with Crippen molar-refractivity contribution in [1.29, 1.82) is 0 Å². The summed E-state index contributed by atoms with van der Waals surface area (Å²) in [6.07, 6.45) is 3.13. The van der Waals surface area contributed by atoms with E-state index in [1.807, 2.05) is 0 Å². The number of fused-ring (bicyclic) bond motifs is 1. The van der Waals surface area contributed by atoms with Gasteiger partial charge in [0.25, 0.3) is 0 Å². The van der Waals surface area contributed by atoms with Crippen LogP contribution in [0.3, 0.4) is 0 Å². The maximum atomic E-state index is 12.3. The Morgan fingerprint density at radius 1 is 0.714 bits per heavy atom. The van der Waals surface area contributed by atoms with Gasteiger partial charge in [0.05, 0.1) is 0 Å². The van der Waals surface area contributed by atoms with Crippen molar-refractivity contribution in [2.24, 2.45) is 0 Å². The van der Waals surface area contributed by atoms with Crippen LogP contribution >= 0.6 is 0 Å². The largest absolute Gasteiger partial charge is 0.504 e. The Balaban J connectivity index is 1.71. The monoisotopic (exact) mass is 378 g/mol. The van der Waals surface area contributed by atoms with Gasteiger partial charge in [0.15, 0.2) is 23.0 Å². The molecule has 28 heavy (non-hydrogen) atoms. The number of hydrogen-bond acceptors (Lipinski definition) is 7. The molecule has 0 saturated carbocycles. The maximum absolute atomic E-state index is 12.3. The van der Waals surface area contributed by atoms with Gasteiger partial charge in [0.2, 0.25) is 0 Å². The lowest BCUT2D eigenvalue weighted by atomic mass is 10.1. The maximum Gasteiger partial charge on any atom is 0.347 e. The summed E-state index contributed by atoms with van der Waals surface area (Å²) in [7, 11) is 0. The van der Waals surface area contributed by atoms with Gasteiger partial charge < -0.3 is 29.3 Å². The quantitative estimate of drug-likeness (QED) is 0.397. The molecule has 7 nitrogen and oxygen atoms in total. The highest BCUT2D eigenvalue weighted by atomic mass is 16.4. The summed E-state index contributed by atoms with van der Waals surface area (Å²) in [4.78, 5) is 12.3. The molecule has 0 aliphatic carbocycles. The highest BCUT2D eigenvalue weighted by molar-refractivity contribution is 5.83. The van der Waals surface area contributed by atoms with Gasteiger partial charge in [-0.3, -0.25) is 0 Å². The van der Waals surface area contributed by atoms with Crippen LogP contribution in [-0.2, 0) is 0 Å². The Kier molecular flexibility index (Phi) is 4.04. The van der Waals surface area contributed by atoms with Crippen molar-refractivity contribution in [3.8, 4) is 34.3 Å². The zero-order chi connectivity index (χ0) is 19.8. The van der Waals surface area contributed by atoms with E-state index in [2.05, 4.69) is 0 Å². The van der Waals surface area contributed by atoms with Crippen LogP contribution in [0.4, 0.5) is 0 Å². The van der Waals surface area contributed by atoms with Gasteiger partial charge in [-0.1, -0.05) is 12.1 Å². The van der Waals surface area contributed by atoms with Crippen LogP contribution in [0.25, 0.3) is 34.4 Å². The van der Waals surface area contributed by atoms with E-state index >= 15 is 0 Å². The molecule has 140 valence electrons. The normalized spacial score (nSPS) is 11.4. The molecule has 0 amide bonds. The second kappa shape index (κ2) is 6.55. The Morgan fingerprint density at radius 2 is 1.43 bits per heavy atom. The third-order valence-corrected chi connectivity index (χ3v) is 4.16. The molecule has 2 aromatic carbocycles.